The normalized spacial score (nSPS) is 9.33. The molecule has 0 bridgehead atoms. The van der Waals surface area contributed by atoms with E-state index in [1.54, 1.807) is 12.1 Å². The first-order valence-corrected chi connectivity index (χ1v) is 5.31. The molecule has 0 saturated carbocycles. The summed E-state index contributed by atoms with van der Waals surface area (Å²) in [4.78, 5) is 11.0. The van der Waals surface area contributed by atoms with Crippen molar-refractivity contribution in [3.05, 3.63) is 65.2 Å². The van der Waals surface area contributed by atoms with Gasteiger partial charge >= 0.3 is 5.97 Å². The molecule has 18 heavy (non-hydrogen) atoms. The predicted molar refractivity (Wildman–Crippen MR) is 67.5 cm³/mol. The van der Waals surface area contributed by atoms with Crippen molar-refractivity contribution < 1.29 is 15.0 Å². The highest BCUT2D eigenvalue weighted by Gasteiger charge is 2.13. The molecule has 0 fully saturated rings. The first-order chi connectivity index (χ1) is 8.68. The van der Waals surface area contributed by atoms with Crippen LogP contribution in [-0.2, 0) is 0 Å². The Hall–Kier alpha value is -2.73. The monoisotopic (exact) mass is 238 g/mol. The molecule has 0 aliphatic heterocycles. The quantitative estimate of drug-likeness (QED) is 0.750. The molecule has 0 aromatic heterocycles. The summed E-state index contributed by atoms with van der Waals surface area (Å²) < 4.78 is 0. The van der Waals surface area contributed by atoms with E-state index in [1.807, 2.05) is 30.3 Å². The van der Waals surface area contributed by atoms with Crippen LogP contribution in [0.3, 0.4) is 0 Å². The van der Waals surface area contributed by atoms with Gasteiger partial charge in [-0.1, -0.05) is 36.1 Å². The molecule has 0 atom stereocenters. The zero-order chi connectivity index (χ0) is 13.0. The second-order valence-electron chi connectivity index (χ2n) is 3.62. The van der Waals surface area contributed by atoms with E-state index in [9.17, 15) is 9.90 Å². The molecule has 0 amide bonds. The van der Waals surface area contributed by atoms with Crippen LogP contribution in [0, 0.1) is 11.8 Å². The predicted octanol–water partition coefficient (Wildman–Crippen LogP) is 2.49. The number of benzene rings is 2. The van der Waals surface area contributed by atoms with Crippen molar-refractivity contribution in [1.82, 2.24) is 0 Å². The van der Waals surface area contributed by atoms with E-state index in [0.29, 0.717) is 5.56 Å². The molecule has 88 valence electrons. The standard InChI is InChI=1S/C15H10O3/c16-13-8-4-7-12(14(13)15(17)18)10-9-11-5-2-1-3-6-11/h1-8,16H,(H,17,18). The van der Waals surface area contributed by atoms with Crippen LogP contribution in [-0.4, -0.2) is 16.2 Å². The highest BCUT2D eigenvalue weighted by atomic mass is 16.4. The minimum absolute atomic E-state index is 0.166. The Balaban J connectivity index is 2.45. The van der Waals surface area contributed by atoms with Crippen LogP contribution in [0.4, 0.5) is 0 Å². The first-order valence-electron chi connectivity index (χ1n) is 5.31. The van der Waals surface area contributed by atoms with E-state index < -0.39 is 5.97 Å². The van der Waals surface area contributed by atoms with Gasteiger partial charge in [-0.05, 0) is 24.3 Å². The highest BCUT2D eigenvalue weighted by Crippen LogP contribution is 2.20. The molecule has 2 aromatic carbocycles. The van der Waals surface area contributed by atoms with Crippen LogP contribution in [0.1, 0.15) is 21.5 Å². The largest absolute Gasteiger partial charge is 0.507 e. The van der Waals surface area contributed by atoms with E-state index in [2.05, 4.69) is 11.8 Å². The maximum atomic E-state index is 11.0. The molecule has 0 spiro atoms. The minimum atomic E-state index is -1.19. The summed E-state index contributed by atoms with van der Waals surface area (Å²) in [5.74, 6) is 4.15. The number of carboxylic acid groups (broad SMARTS) is 1. The zero-order valence-corrected chi connectivity index (χ0v) is 9.42. The molecule has 0 unspecified atom stereocenters. The summed E-state index contributed by atoms with van der Waals surface area (Å²) in [6.45, 7) is 0. The summed E-state index contributed by atoms with van der Waals surface area (Å²) in [7, 11) is 0. The average molecular weight is 238 g/mol. The molecule has 0 radical (unpaired) electrons. The number of hydrogen-bond acceptors (Lipinski definition) is 2. The molecule has 2 N–H and O–H groups in total. The highest BCUT2D eigenvalue weighted by molar-refractivity contribution is 5.93. The number of rotatable bonds is 1. The third-order valence-electron chi connectivity index (χ3n) is 2.37. The van der Waals surface area contributed by atoms with E-state index in [4.69, 9.17) is 5.11 Å². The minimum Gasteiger partial charge on any atom is -0.507 e. The van der Waals surface area contributed by atoms with E-state index in [0.717, 1.165) is 5.56 Å². The van der Waals surface area contributed by atoms with Crippen LogP contribution < -0.4 is 0 Å². The van der Waals surface area contributed by atoms with E-state index in [-0.39, 0.29) is 11.3 Å². The Labute approximate surface area is 104 Å². The molecular formula is C15H10O3. The van der Waals surface area contributed by atoms with Gasteiger partial charge in [-0.15, -0.1) is 0 Å². The van der Waals surface area contributed by atoms with E-state index >= 15 is 0 Å². The topological polar surface area (TPSA) is 57.5 Å². The molecule has 3 nitrogen and oxygen atoms in total. The van der Waals surface area contributed by atoms with Crippen molar-refractivity contribution in [3.8, 4) is 17.6 Å². The van der Waals surface area contributed by atoms with E-state index in [1.165, 1.54) is 6.07 Å². The SMILES string of the molecule is O=C(O)c1c(O)cccc1C#Cc1ccccc1. The number of aromatic hydroxyl groups is 1. The Morgan fingerprint density at radius 3 is 2.33 bits per heavy atom. The average Bonchev–Trinajstić information content (AvgIpc) is 2.37. The first kappa shape index (κ1) is 11.7. The molecule has 0 aliphatic carbocycles. The molecular weight excluding hydrogens is 228 g/mol. The molecule has 0 saturated heterocycles. The van der Waals surface area contributed by atoms with Gasteiger partial charge in [-0.3, -0.25) is 0 Å². The van der Waals surface area contributed by atoms with Crippen LogP contribution in [0.2, 0.25) is 0 Å². The maximum absolute atomic E-state index is 11.0. The fraction of sp³-hybridized carbons (Fsp3) is 0. The lowest BCUT2D eigenvalue weighted by Crippen LogP contribution is -2.00. The zero-order valence-electron chi connectivity index (χ0n) is 9.42. The molecule has 2 aromatic rings. The van der Waals surface area contributed by atoms with Crippen molar-refractivity contribution in [1.29, 1.82) is 0 Å². The summed E-state index contributed by atoms with van der Waals surface area (Å²) in [5.41, 5.74) is 0.921. The van der Waals surface area contributed by atoms with Crippen molar-refractivity contribution in [2.75, 3.05) is 0 Å². The lowest BCUT2D eigenvalue weighted by molar-refractivity contribution is 0.0693. The lowest BCUT2D eigenvalue weighted by atomic mass is 10.1. The second-order valence-corrected chi connectivity index (χ2v) is 3.62. The van der Waals surface area contributed by atoms with Gasteiger partial charge in [0.15, 0.2) is 0 Å². The Bertz CT molecular complexity index is 634. The smallest absolute Gasteiger partial charge is 0.340 e. The number of carbonyl (C=O) groups is 1. The third kappa shape index (κ3) is 2.50. The van der Waals surface area contributed by atoms with Gasteiger partial charge in [0.2, 0.25) is 0 Å². The van der Waals surface area contributed by atoms with Crippen molar-refractivity contribution in [2.45, 2.75) is 0 Å². The van der Waals surface area contributed by atoms with Gasteiger partial charge in [0.25, 0.3) is 0 Å². The molecule has 0 heterocycles. The summed E-state index contributed by atoms with van der Waals surface area (Å²) in [6.07, 6.45) is 0. The van der Waals surface area contributed by atoms with Gasteiger partial charge in [-0.25, -0.2) is 4.79 Å². The van der Waals surface area contributed by atoms with Crippen molar-refractivity contribution >= 4 is 5.97 Å². The summed E-state index contributed by atoms with van der Waals surface area (Å²) >= 11 is 0. The fourth-order valence-electron chi connectivity index (χ4n) is 1.53. The number of carboxylic acids is 1. The molecule has 2 rings (SSSR count). The third-order valence-corrected chi connectivity index (χ3v) is 2.37. The Morgan fingerprint density at radius 1 is 0.944 bits per heavy atom. The Morgan fingerprint density at radius 2 is 1.67 bits per heavy atom. The Kier molecular flexibility index (Phi) is 3.31. The number of phenols is 1. The van der Waals surface area contributed by atoms with Crippen LogP contribution in [0.15, 0.2) is 48.5 Å². The van der Waals surface area contributed by atoms with Gasteiger partial charge in [-0.2, -0.15) is 0 Å². The van der Waals surface area contributed by atoms with Gasteiger partial charge in [0.05, 0.1) is 0 Å². The lowest BCUT2D eigenvalue weighted by Gasteiger charge is -2.01. The molecule has 3 heteroatoms. The fourth-order valence-corrected chi connectivity index (χ4v) is 1.53. The summed E-state index contributed by atoms with van der Waals surface area (Å²) in [6, 6.07) is 13.7. The van der Waals surface area contributed by atoms with Gasteiger partial charge in [0.1, 0.15) is 11.3 Å². The number of hydrogen-bond donors (Lipinski definition) is 2. The van der Waals surface area contributed by atoms with Crippen LogP contribution >= 0.6 is 0 Å². The van der Waals surface area contributed by atoms with Crippen LogP contribution in [0.25, 0.3) is 0 Å². The maximum Gasteiger partial charge on any atom is 0.340 e. The van der Waals surface area contributed by atoms with Crippen molar-refractivity contribution in [2.24, 2.45) is 0 Å². The van der Waals surface area contributed by atoms with Gasteiger partial charge < -0.3 is 10.2 Å². The second kappa shape index (κ2) is 5.07. The van der Waals surface area contributed by atoms with Crippen LogP contribution in [0.5, 0.6) is 5.75 Å². The summed E-state index contributed by atoms with van der Waals surface area (Å²) in [5, 5.41) is 18.5. The molecule has 0 aliphatic rings. The van der Waals surface area contributed by atoms with Crippen molar-refractivity contribution in [3.63, 3.8) is 0 Å². The van der Waals surface area contributed by atoms with Gasteiger partial charge in [0, 0.05) is 11.1 Å². The number of aromatic carboxylic acids is 1.